The largest absolute Gasteiger partial charge is 0.486 e. The number of alkyl halides is 3. The van der Waals surface area contributed by atoms with Crippen LogP contribution in [0.3, 0.4) is 0 Å². The zero-order chi connectivity index (χ0) is 19.9. The van der Waals surface area contributed by atoms with Crippen molar-refractivity contribution in [3.63, 3.8) is 0 Å². The molecule has 0 aliphatic carbocycles. The highest BCUT2D eigenvalue weighted by Crippen LogP contribution is 2.37. The van der Waals surface area contributed by atoms with E-state index in [1.807, 2.05) is 0 Å². The highest BCUT2D eigenvalue weighted by Gasteiger charge is 2.45. The minimum Gasteiger partial charge on any atom is -0.486 e. The molecule has 4 rings (SSSR count). The molecule has 0 N–H and O–H groups in total. The van der Waals surface area contributed by atoms with E-state index in [0.29, 0.717) is 43.4 Å². The van der Waals surface area contributed by atoms with Crippen molar-refractivity contribution in [2.75, 3.05) is 37.7 Å². The molecule has 0 saturated carbocycles. The fourth-order valence-corrected chi connectivity index (χ4v) is 4.03. The van der Waals surface area contributed by atoms with Gasteiger partial charge in [0.1, 0.15) is 13.2 Å². The van der Waals surface area contributed by atoms with Gasteiger partial charge in [-0.25, -0.2) is 0 Å². The number of carbonyl (C=O) groups is 2. The second-order valence-electron chi connectivity index (χ2n) is 7.40. The van der Waals surface area contributed by atoms with Crippen molar-refractivity contribution in [2.45, 2.75) is 25.4 Å². The van der Waals surface area contributed by atoms with Gasteiger partial charge in [0.15, 0.2) is 11.5 Å². The van der Waals surface area contributed by atoms with Gasteiger partial charge in [0.25, 0.3) is 0 Å². The van der Waals surface area contributed by atoms with Crippen molar-refractivity contribution in [3.8, 4) is 11.5 Å². The highest BCUT2D eigenvalue weighted by molar-refractivity contribution is 6.00. The van der Waals surface area contributed by atoms with Crippen LogP contribution in [0.15, 0.2) is 18.2 Å². The van der Waals surface area contributed by atoms with Crippen LogP contribution in [0.25, 0.3) is 0 Å². The maximum Gasteiger partial charge on any atom is 0.393 e. The van der Waals surface area contributed by atoms with Gasteiger partial charge in [0.05, 0.1) is 11.8 Å². The molecule has 3 aliphatic rings. The van der Waals surface area contributed by atoms with E-state index in [1.165, 1.54) is 9.80 Å². The minimum absolute atomic E-state index is 0.000456. The highest BCUT2D eigenvalue weighted by atomic mass is 19.4. The molecule has 9 heteroatoms. The van der Waals surface area contributed by atoms with Crippen LogP contribution in [-0.4, -0.2) is 55.7 Å². The van der Waals surface area contributed by atoms with Gasteiger partial charge in [-0.1, -0.05) is 0 Å². The molecule has 6 nitrogen and oxygen atoms in total. The number of piperidine rings is 1. The predicted molar refractivity (Wildman–Crippen MR) is 93.3 cm³/mol. The van der Waals surface area contributed by atoms with Crippen LogP contribution in [-0.2, 0) is 9.59 Å². The second kappa shape index (κ2) is 7.18. The summed E-state index contributed by atoms with van der Waals surface area (Å²) in [5.41, 5.74) is 0.594. The number of likely N-dealkylation sites (tertiary alicyclic amines) is 1. The standard InChI is InChI=1S/C19H21F3N2O4/c20-19(21,22)13-2-1-5-23(11-13)18(26)12-8-17(25)24(10-12)14-3-4-15-16(9-14)28-7-6-27-15/h3-4,9,12-13H,1-2,5-8,10-11H2/t12-,13+/m1/s1. The molecule has 152 valence electrons. The summed E-state index contributed by atoms with van der Waals surface area (Å²) in [6.45, 7) is 1.02. The maximum absolute atomic E-state index is 13.0. The first-order valence-electron chi connectivity index (χ1n) is 9.38. The van der Waals surface area contributed by atoms with E-state index >= 15 is 0 Å². The Labute approximate surface area is 160 Å². The van der Waals surface area contributed by atoms with E-state index < -0.39 is 18.0 Å². The summed E-state index contributed by atoms with van der Waals surface area (Å²) in [7, 11) is 0. The lowest BCUT2D eigenvalue weighted by molar-refractivity contribution is -0.188. The van der Waals surface area contributed by atoms with Crippen LogP contribution in [0.5, 0.6) is 11.5 Å². The predicted octanol–water partition coefficient (Wildman–Crippen LogP) is 2.61. The summed E-state index contributed by atoms with van der Waals surface area (Å²) in [6.07, 6.45) is -3.94. The van der Waals surface area contributed by atoms with Gasteiger partial charge in [0, 0.05) is 37.8 Å². The molecule has 2 saturated heterocycles. The normalized spacial score (nSPS) is 25.2. The third-order valence-electron chi connectivity index (χ3n) is 5.51. The van der Waals surface area contributed by atoms with Gasteiger partial charge >= 0.3 is 6.18 Å². The SMILES string of the molecule is O=C([C@@H]1CC(=O)N(c2ccc3c(c2)OCCO3)C1)N1CCC[C@H](C(F)(F)F)C1. The van der Waals surface area contributed by atoms with Gasteiger partial charge < -0.3 is 19.3 Å². The summed E-state index contributed by atoms with van der Waals surface area (Å²) in [5.74, 6) is -1.58. The van der Waals surface area contributed by atoms with Gasteiger partial charge in [0.2, 0.25) is 11.8 Å². The number of rotatable bonds is 2. The summed E-state index contributed by atoms with van der Waals surface area (Å²) >= 11 is 0. The molecule has 0 unspecified atom stereocenters. The Morgan fingerprint density at radius 1 is 1.11 bits per heavy atom. The van der Waals surface area contributed by atoms with E-state index in [9.17, 15) is 22.8 Å². The molecule has 2 fully saturated rings. The summed E-state index contributed by atoms with van der Waals surface area (Å²) in [5, 5.41) is 0. The molecule has 0 aromatic heterocycles. The van der Waals surface area contributed by atoms with Crippen LogP contribution in [0.4, 0.5) is 18.9 Å². The van der Waals surface area contributed by atoms with E-state index in [2.05, 4.69) is 0 Å². The molecule has 28 heavy (non-hydrogen) atoms. The van der Waals surface area contributed by atoms with E-state index in [1.54, 1.807) is 18.2 Å². The van der Waals surface area contributed by atoms with E-state index in [0.717, 1.165) is 0 Å². The second-order valence-corrected chi connectivity index (χ2v) is 7.40. The zero-order valence-corrected chi connectivity index (χ0v) is 15.2. The smallest absolute Gasteiger partial charge is 0.393 e. The number of benzene rings is 1. The van der Waals surface area contributed by atoms with Gasteiger partial charge in [-0.2, -0.15) is 13.2 Å². The Morgan fingerprint density at radius 2 is 1.86 bits per heavy atom. The number of ether oxygens (including phenoxy) is 2. The molecule has 3 aliphatic heterocycles. The first-order valence-corrected chi connectivity index (χ1v) is 9.38. The van der Waals surface area contributed by atoms with Crippen molar-refractivity contribution in [2.24, 2.45) is 11.8 Å². The summed E-state index contributed by atoms with van der Waals surface area (Å²) in [4.78, 5) is 28.0. The molecule has 2 amide bonds. The Balaban J connectivity index is 1.45. The fourth-order valence-electron chi connectivity index (χ4n) is 4.03. The molecular formula is C19H21F3N2O4. The Kier molecular flexibility index (Phi) is 4.84. The maximum atomic E-state index is 13.0. The number of anilines is 1. The van der Waals surface area contributed by atoms with E-state index in [4.69, 9.17) is 9.47 Å². The summed E-state index contributed by atoms with van der Waals surface area (Å²) in [6, 6.07) is 5.13. The Hall–Kier alpha value is -2.45. The zero-order valence-electron chi connectivity index (χ0n) is 15.2. The topological polar surface area (TPSA) is 59.1 Å². The van der Waals surface area contributed by atoms with Gasteiger partial charge in [-0.05, 0) is 25.0 Å². The number of carbonyl (C=O) groups excluding carboxylic acids is 2. The third-order valence-corrected chi connectivity index (χ3v) is 5.51. The molecule has 0 spiro atoms. The number of amides is 2. The number of nitrogens with zero attached hydrogens (tertiary/aromatic N) is 2. The lowest BCUT2D eigenvalue weighted by Gasteiger charge is -2.35. The molecule has 1 aromatic carbocycles. The lowest BCUT2D eigenvalue weighted by Crippen LogP contribution is -2.47. The van der Waals surface area contributed by atoms with Crippen molar-refractivity contribution in [3.05, 3.63) is 18.2 Å². The Morgan fingerprint density at radius 3 is 2.61 bits per heavy atom. The number of hydrogen-bond acceptors (Lipinski definition) is 4. The minimum atomic E-state index is -4.30. The van der Waals surface area contributed by atoms with Crippen LogP contribution >= 0.6 is 0 Å². The van der Waals surface area contributed by atoms with Gasteiger partial charge in [-0.15, -0.1) is 0 Å². The number of fused-ring (bicyclic) bond motifs is 1. The van der Waals surface area contributed by atoms with Crippen molar-refractivity contribution in [1.29, 1.82) is 0 Å². The average Bonchev–Trinajstić information content (AvgIpc) is 3.08. The van der Waals surface area contributed by atoms with Crippen molar-refractivity contribution < 1.29 is 32.2 Å². The average molecular weight is 398 g/mol. The molecule has 1 aromatic rings. The summed E-state index contributed by atoms with van der Waals surface area (Å²) < 4.78 is 50.0. The lowest BCUT2D eigenvalue weighted by atomic mass is 9.96. The number of halogens is 3. The Bertz CT molecular complexity index is 783. The molecule has 0 bridgehead atoms. The number of hydrogen-bond donors (Lipinski definition) is 0. The third kappa shape index (κ3) is 3.62. The van der Waals surface area contributed by atoms with Crippen LogP contribution in [0, 0.1) is 11.8 Å². The van der Waals surface area contributed by atoms with Gasteiger partial charge in [-0.3, -0.25) is 9.59 Å². The monoisotopic (exact) mass is 398 g/mol. The molecular weight excluding hydrogens is 377 g/mol. The first-order chi connectivity index (χ1) is 13.3. The molecule has 0 radical (unpaired) electrons. The fraction of sp³-hybridized carbons (Fsp3) is 0.579. The quantitative estimate of drug-likeness (QED) is 0.769. The van der Waals surface area contributed by atoms with Crippen molar-refractivity contribution in [1.82, 2.24) is 4.90 Å². The molecule has 2 atom stereocenters. The first kappa shape index (κ1) is 18.9. The van der Waals surface area contributed by atoms with Crippen LogP contribution in [0.1, 0.15) is 19.3 Å². The van der Waals surface area contributed by atoms with Crippen LogP contribution in [0.2, 0.25) is 0 Å². The molecule has 3 heterocycles. The van der Waals surface area contributed by atoms with E-state index in [-0.39, 0.29) is 37.7 Å². The van der Waals surface area contributed by atoms with Crippen LogP contribution < -0.4 is 14.4 Å². The van der Waals surface area contributed by atoms with Crippen molar-refractivity contribution >= 4 is 17.5 Å².